The number of hydrogen-bond donors (Lipinski definition) is 1. The van der Waals surface area contributed by atoms with Crippen LogP contribution in [0.5, 0.6) is 0 Å². The number of nitrogens with zero attached hydrogens (tertiary/aromatic N) is 2. The van der Waals surface area contributed by atoms with Gasteiger partial charge in [-0.3, -0.25) is 0 Å². The Balaban J connectivity index is 1.92. The van der Waals surface area contributed by atoms with Crippen molar-refractivity contribution in [1.29, 1.82) is 0 Å². The van der Waals surface area contributed by atoms with Gasteiger partial charge in [-0.15, -0.1) is 0 Å². The summed E-state index contributed by atoms with van der Waals surface area (Å²) < 4.78 is 2.40. The molecule has 3 nitrogen and oxygen atoms in total. The third kappa shape index (κ3) is 2.47. The number of aromatic nitrogens is 2. The number of hydrogen-bond acceptors (Lipinski definition) is 2. The summed E-state index contributed by atoms with van der Waals surface area (Å²) in [6.45, 7) is 2.30. The van der Waals surface area contributed by atoms with Gasteiger partial charge in [-0.25, -0.2) is 4.98 Å². The standard InChI is InChI=1S/C17H25N3/c1-3-6-13-9-10-14(18-2)17(11-13)20-12-19-15-7-4-5-8-16(15)20/h4-5,7-8,12-14,17-18H,3,6,9-11H2,1-2H3. The molecule has 1 aliphatic rings. The van der Waals surface area contributed by atoms with E-state index in [9.17, 15) is 0 Å². The molecule has 108 valence electrons. The van der Waals surface area contributed by atoms with Gasteiger partial charge in [-0.05, 0) is 44.4 Å². The molecular formula is C17H25N3. The van der Waals surface area contributed by atoms with Crippen molar-refractivity contribution in [2.24, 2.45) is 5.92 Å². The van der Waals surface area contributed by atoms with Crippen LogP contribution in [0.4, 0.5) is 0 Å². The monoisotopic (exact) mass is 271 g/mol. The highest BCUT2D eigenvalue weighted by molar-refractivity contribution is 5.75. The fourth-order valence-electron chi connectivity index (χ4n) is 3.79. The van der Waals surface area contributed by atoms with Crippen LogP contribution in [0.15, 0.2) is 30.6 Å². The van der Waals surface area contributed by atoms with Gasteiger partial charge in [-0.2, -0.15) is 0 Å². The van der Waals surface area contributed by atoms with Crippen molar-refractivity contribution >= 4 is 11.0 Å². The molecule has 0 radical (unpaired) electrons. The Kier molecular flexibility index (Phi) is 4.06. The molecule has 3 unspecified atom stereocenters. The van der Waals surface area contributed by atoms with E-state index in [4.69, 9.17) is 0 Å². The molecule has 0 amide bonds. The first kappa shape index (κ1) is 13.6. The van der Waals surface area contributed by atoms with Gasteiger partial charge >= 0.3 is 0 Å². The molecule has 0 aliphatic heterocycles. The minimum atomic E-state index is 0.540. The van der Waals surface area contributed by atoms with Crippen LogP contribution in [0, 0.1) is 5.92 Å². The lowest BCUT2D eigenvalue weighted by Gasteiger charge is -2.37. The predicted octanol–water partition coefficient (Wildman–Crippen LogP) is 3.77. The fourth-order valence-corrected chi connectivity index (χ4v) is 3.79. The van der Waals surface area contributed by atoms with Crippen LogP contribution in [-0.2, 0) is 0 Å². The minimum Gasteiger partial charge on any atom is -0.326 e. The number of likely N-dealkylation sites (N-methyl/N-ethyl adjacent to an activating group) is 1. The van der Waals surface area contributed by atoms with Crippen molar-refractivity contribution < 1.29 is 0 Å². The van der Waals surface area contributed by atoms with E-state index in [0.29, 0.717) is 12.1 Å². The van der Waals surface area contributed by atoms with Crippen molar-refractivity contribution in [3.8, 4) is 0 Å². The molecule has 1 aromatic carbocycles. The molecular weight excluding hydrogens is 246 g/mol. The van der Waals surface area contributed by atoms with Crippen LogP contribution >= 0.6 is 0 Å². The molecule has 1 heterocycles. The van der Waals surface area contributed by atoms with E-state index in [0.717, 1.165) is 11.4 Å². The summed E-state index contributed by atoms with van der Waals surface area (Å²) in [7, 11) is 2.09. The zero-order valence-electron chi connectivity index (χ0n) is 12.5. The lowest BCUT2D eigenvalue weighted by molar-refractivity contribution is 0.207. The Morgan fingerprint density at radius 1 is 1.30 bits per heavy atom. The first-order valence-electron chi connectivity index (χ1n) is 7.92. The molecule has 20 heavy (non-hydrogen) atoms. The van der Waals surface area contributed by atoms with E-state index in [2.05, 4.69) is 53.1 Å². The first-order chi connectivity index (χ1) is 9.83. The average molecular weight is 271 g/mol. The van der Waals surface area contributed by atoms with Crippen LogP contribution in [-0.4, -0.2) is 22.6 Å². The van der Waals surface area contributed by atoms with Gasteiger partial charge in [0.15, 0.2) is 0 Å². The van der Waals surface area contributed by atoms with Gasteiger partial charge < -0.3 is 9.88 Å². The zero-order valence-corrected chi connectivity index (χ0v) is 12.5. The molecule has 3 heteroatoms. The second-order valence-corrected chi connectivity index (χ2v) is 6.07. The van der Waals surface area contributed by atoms with Gasteiger partial charge in [-0.1, -0.05) is 31.9 Å². The van der Waals surface area contributed by atoms with Gasteiger partial charge in [0, 0.05) is 6.04 Å². The molecule has 1 aliphatic carbocycles. The van der Waals surface area contributed by atoms with E-state index >= 15 is 0 Å². The molecule has 0 spiro atoms. The Labute approximate surface area is 121 Å². The largest absolute Gasteiger partial charge is 0.326 e. The van der Waals surface area contributed by atoms with Crippen molar-refractivity contribution in [3.63, 3.8) is 0 Å². The normalized spacial score (nSPS) is 27.0. The second-order valence-electron chi connectivity index (χ2n) is 6.07. The zero-order chi connectivity index (χ0) is 13.9. The number of benzene rings is 1. The molecule has 1 aromatic heterocycles. The molecule has 1 fully saturated rings. The summed E-state index contributed by atoms with van der Waals surface area (Å²) in [6.07, 6.45) is 8.61. The Morgan fingerprint density at radius 2 is 2.15 bits per heavy atom. The lowest BCUT2D eigenvalue weighted by Crippen LogP contribution is -2.39. The van der Waals surface area contributed by atoms with Gasteiger partial charge in [0.1, 0.15) is 0 Å². The molecule has 0 saturated heterocycles. The molecule has 0 bridgehead atoms. The van der Waals surface area contributed by atoms with E-state index in [-0.39, 0.29) is 0 Å². The Hall–Kier alpha value is -1.35. The van der Waals surface area contributed by atoms with Crippen molar-refractivity contribution in [1.82, 2.24) is 14.9 Å². The number of imidazole rings is 1. The number of nitrogens with one attached hydrogen (secondary N) is 1. The molecule has 1 N–H and O–H groups in total. The summed E-state index contributed by atoms with van der Waals surface area (Å²) in [4.78, 5) is 4.57. The number of fused-ring (bicyclic) bond motifs is 1. The van der Waals surface area contributed by atoms with Crippen LogP contribution in [0.1, 0.15) is 45.1 Å². The predicted molar refractivity (Wildman–Crippen MR) is 83.9 cm³/mol. The van der Waals surface area contributed by atoms with Crippen LogP contribution in [0.2, 0.25) is 0 Å². The Bertz CT molecular complexity index is 560. The molecule has 2 aromatic rings. The third-order valence-corrected chi connectivity index (χ3v) is 4.83. The van der Waals surface area contributed by atoms with Gasteiger partial charge in [0.05, 0.1) is 23.4 Å². The maximum atomic E-state index is 4.57. The first-order valence-corrected chi connectivity index (χ1v) is 7.92. The smallest absolute Gasteiger partial charge is 0.0961 e. The van der Waals surface area contributed by atoms with Gasteiger partial charge in [0.2, 0.25) is 0 Å². The summed E-state index contributed by atoms with van der Waals surface area (Å²) in [5.74, 6) is 0.871. The Morgan fingerprint density at radius 3 is 2.95 bits per heavy atom. The van der Waals surface area contributed by atoms with Crippen LogP contribution in [0.3, 0.4) is 0 Å². The number of rotatable bonds is 4. The van der Waals surface area contributed by atoms with Crippen LogP contribution < -0.4 is 5.32 Å². The molecule has 3 rings (SSSR count). The fraction of sp³-hybridized carbons (Fsp3) is 0.588. The molecule has 3 atom stereocenters. The molecule has 1 saturated carbocycles. The van der Waals surface area contributed by atoms with E-state index in [1.807, 2.05) is 6.33 Å². The van der Waals surface area contributed by atoms with Crippen LogP contribution in [0.25, 0.3) is 11.0 Å². The number of para-hydroxylation sites is 2. The van der Waals surface area contributed by atoms with Crippen molar-refractivity contribution in [2.45, 2.75) is 51.1 Å². The van der Waals surface area contributed by atoms with E-state index in [1.165, 1.54) is 37.6 Å². The summed E-state index contributed by atoms with van der Waals surface area (Å²) in [6, 6.07) is 9.58. The maximum absolute atomic E-state index is 4.57. The summed E-state index contributed by atoms with van der Waals surface area (Å²) >= 11 is 0. The lowest BCUT2D eigenvalue weighted by atomic mass is 9.80. The minimum absolute atomic E-state index is 0.540. The summed E-state index contributed by atoms with van der Waals surface area (Å²) in [5, 5.41) is 3.52. The third-order valence-electron chi connectivity index (χ3n) is 4.83. The van der Waals surface area contributed by atoms with Crippen molar-refractivity contribution in [2.75, 3.05) is 7.05 Å². The van der Waals surface area contributed by atoms with E-state index in [1.54, 1.807) is 0 Å². The second kappa shape index (κ2) is 5.96. The highest BCUT2D eigenvalue weighted by Gasteiger charge is 2.30. The topological polar surface area (TPSA) is 29.9 Å². The highest BCUT2D eigenvalue weighted by atomic mass is 15.1. The van der Waals surface area contributed by atoms with Crippen molar-refractivity contribution in [3.05, 3.63) is 30.6 Å². The summed E-state index contributed by atoms with van der Waals surface area (Å²) in [5.41, 5.74) is 2.38. The average Bonchev–Trinajstić information content (AvgIpc) is 2.91. The SMILES string of the molecule is CCCC1CCC(NC)C(n2cnc3ccccc32)C1. The quantitative estimate of drug-likeness (QED) is 0.917. The van der Waals surface area contributed by atoms with Gasteiger partial charge in [0.25, 0.3) is 0 Å². The maximum Gasteiger partial charge on any atom is 0.0961 e. The van der Waals surface area contributed by atoms with E-state index < -0.39 is 0 Å². The highest BCUT2D eigenvalue weighted by Crippen LogP contribution is 2.36.